The van der Waals surface area contributed by atoms with Gasteiger partial charge >= 0.3 is 0 Å². The van der Waals surface area contributed by atoms with Gasteiger partial charge in [0, 0.05) is 36.8 Å². The van der Waals surface area contributed by atoms with Crippen molar-refractivity contribution < 1.29 is 14.4 Å². The molecule has 148 valence electrons. The number of benzene rings is 1. The van der Waals surface area contributed by atoms with Crippen LogP contribution in [-0.2, 0) is 13.0 Å². The van der Waals surface area contributed by atoms with Gasteiger partial charge < -0.3 is 4.90 Å². The maximum atomic E-state index is 14.6. The molecule has 6 heteroatoms. The summed E-state index contributed by atoms with van der Waals surface area (Å²) < 4.78 is 14.6. The Morgan fingerprint density at radius 2 is 2.00 bits per heavy atom. The standard InChI is InChI=1S/C21H30FN3O2/c1-3-16-10-19-15(8-14(9-20(19)22)21(26)23-27)12-25(16)11-13-6-17-4-5-18(7-13)24(17)2/h8-9,13,16-18,27H,3-7,10-12H2,1-2H3,(H,23,26)/t13-,16-,17+,18-/m1/s1. The molecule has 27 heavy (non-hydrogen) atoms. The summed E-state index contributed by atoms with van der Waals surface area (Å²) in [5.41, 5.74) is 3.41. The van der Waals surface area contributed by atoms with Crippen molar-refractivity contribution in [1.82, 2.24) is 15.3 Å². The number of nitrogens with zero attached hydrogens (tertiary/aromatic N) is 2. The van der Waals surface area contributed by atoms with Crippen molar-refractivity contribution in [2.45, 2.75) is 70.1 Å². The zero-order valence-electron chi connectivity index (χ0n) is 16.2. The van der Waals surface area contributed by atoms with E-state index in [4.69, 9.17) is 5.21 Å². The van der Waals surface area contributed by atoms with E-state index in [-0.39, 0.29) is 11.4 Å². The minimum absolute atomic E-state index is 0.181. The Hall–Kier alpha value is -1.50. The Morgan fingerprint density at radius 3 is 2.63 bits per heavy atom. The number of rotatable bonds is 4. The minimum atomic E-state index is -0.659. The molecule has 0 aliphatic carbocycles. The van der Waals surface area contributed by atoms with E-state index in [9.17, 15) is 9.18 Å². The number of nitrogens with one attached hydrogen (secondary N) is 1. The fraction of sp³-hybridized carbons (Fsp3) is 0.667. The fourth-order valence-electron chi connectivity index (χ4n) is 5.59. The number of amides is 1. The molecule has 2 saturated heterocycles. The summed E-state index contributed by atoms with van der Waals surface area (Å²) in [4.78, 5) is 16.8. The second-order valence-corrected chi connectivity index (χ2v) is 8.62. The van der Waals surface area contributed by atoms with Gasteiger partial charge in [0.15, 0.2) is 0 Å². The van der Waals surface area contributed by atoms with E-state index >= 15 is 0 Å². The molecule has 3 aliphatic heterocycles. The lowest BCUT2D eigenvalue weighted by Gasteiger charge is -2.42. The highest BCUT2D eigenvalue weighted by atomic mass is 19.1. The molecule has 0 unspecified atom stereocenters. The molecule has 0 radical (unpaired) electrons. The van der Waals surface area contributed by atoms with Crippen LogP contribution in [0.3, 0.4) is 0 Å². The van der Waals surface area contributed by atoms with Gasteiger partial charge in [-0.2, -0.15) is 0 Å². The van der Waals surface area contributed by atoms with Crippen molar-refractivity contribution in [2.24, 2.45) is 5.92 Å². The van der Waals surface area contributed by atoms with Crippen molar-refractivity contribution in [3.05, 3.63) is 34.6 Å². The van der Waals surface area contributed by atoms with E-state index in [2.05, 4.69) is 23.8 Å². The van der Waals surface area contributed by atoms with Crippen LogP contribution in [0.15, 0.2) is 12.1 Å². The summed E-state index contributed by atoms with van der Waals surface area (Å²) in [6.07, 6.45) is 6.85. The van der Waals surface area contributed by atoms with Crippen LogP contribution in [0.25, 0.3) is 0 Å². The van der Waals surface area contributed by atoms with Crippen LogP contribution in [0, 0.1) is 11.7 Å². The summed E-state index contributed by atoms with van der Waals surface area (Å²) in [6.45, 7) is 3.91. The Bertz CT molecular complexity index is 712. The Morgan fingerprint density at radius 1 is 1.30 bits per heavy atom. The molecule has 2 N–H and O–H groups in total. The van der Waals surface area contributed by atoms with Crippen LogP contribution in [0.4, 0.5) is 4.39 Å². The van der Waals surface area contributed by atoms with Gasteiger partial charge in [0.05, 0.1) is 0 Å². The largest absolute Gasteiger partial charge is 0.300 e. The lowest BCUT2D eigenvalue weighted by molar-refractivity contribution is 0.0702. The third-order valence-electron chi connectivity index (χ3n) is 7.14. The fourth-order valence-corrected chi connectivity index (χ4v) is 5.59. The second kappa shape index (κ2) is 7.49. The molecule has 1 aromatic carbocycles. The Balaban J connectivity index is 1.53. The average Bonchev–Trinajstić information content (AvgIpc) is 2.87. The van der Waals surface area contributed by atoms with E-state index in [1.807, 2.05) is 0 Å². The number of hydrogen-bond acceptors (Lipinski definition) is 4. The number of hydrogen-bond donors (Lipinski definition) is 2. The maximum Gasteiger partial charge on any atom is 0.274 e. The Kier molecular flexibility index (Phi) is 5.23. The first-order valence-corrected chi connectivity index (χ1v) is 10.2. The van der Waals surface area contributed by atoms with Crippen molar-refractivity contribution in [3.63, 3.8) is 0 Å². The SMILES string of the molecule is CC[C@@H]1Cc2c(F)cc(C(=O)NO)cc2CN1C[C@H]1C[C@H]2CC[C@@H](C1)N2C. The first-order chi connectivity index (χ1) is 13.0. The minimum Gasteiger partial charge on any atom is -0.300 e. The number of fused-ring (bicyclic) bond motifs is 3. The molecule has 3 aliphatic rings. The molecule has 0 saturated carbocycles. The summed E-state index contributed by atoms with van der Waals surface area (Å²) in [5, 5.41) is 8.87. The van der Waals surface area contributed by atoms with Crippen LogP contribution in [-0.4, -0.2) is 52.6 Å². The quantitative estimate of drug-likeness (QED) is 0.628. The van der Waals surface area contributed by atoms with E-state index in [1.165, 1.54) is 31.7 Å². The van der Waals surface area contributed by atoms with Gasteiger partial charge in [0.25, 0.3) is 5.91 Å². The molecule has 1 amide bonds. The van der Waals surface area contributed by atoms with E-state index in [0.29, 0.717) is 24.9 Å². The van der Waals surface area contributed by atoms with Crippen molar-refractivity contribution in [3.8, 4) is 0 Å². The third kappa shape index (κ3) is 3.50. The number of piperidine rings is 1. The zero-order chi connectivity index (χ0) is 19.1. The number of carbonyl (C=O) groups is 1. The van der Waals surface area contributed by atoms with E-state index in [0.717, 1.165) is 36.2 Å². The third-order valence-corrected chi connectivity index (χ3v) is 7.14. The first-order valence-electron chi connectivity index (χ1n) is 10.2. The number of hydroxylamine groups is 1. The molecular formula is C21H30FN3O2. The predicted octanol–water partition coefficient (Wildman–Crippen LogP) is 2.95. The molecule has 2 bridgehead atoms. The highest BCUT2D eigenvalue weighted by molar-refractivity contribution is 5.93. The van der Waals surface area contributed by atoms with Gasteiger partial charge in [-0.05, 0) is 74.8 Å². The molecule has 4 rings (SSSR count). The predicted molar refractivity (Wildman–Crippen MR) is 101 cm³/mol. The summed E-state index contributed by atoms with van der Waals surface area (Å²) in [5.74, 6) is -0.294. The molecule has 2 fully saturated rings. The summed E-state index contributed by atoms with van der Waals surface area (Å²) in [6, 6.07) is 4.77. The molecule has 3 heterocycles. The van der Waals surface area contributed by atoms with Crippen LogP contribution >= 0.6 is 0 Å². The normalized spacial score (nSPS) is 31.0. The Labute approximate surface area is 160 Å². The molecule has 0 aromatic heterocycles. The topological polar surface area (TPSA) is 55.8 Å². The van der Waals surface area contributed by atoms with Crippen LogP contribution < -0.4 is 5.48 Å². The molecule has 4 atom stereocenters. The molecule has 1 aromatic rings. The van der Waals surface area contributed by atoms with Crippen LogP contribution in [0.5, 0.6) is 0 Å². The van der Waals surface area contributed by atoms with Gasteiger partial charge in [-0.15, -0.1) is 0 Å². The highest BCUT2D eigenvalue weighted by Crippen LogP contribution is 2.39. The van der Waals surface area contributed by atoms with Crippen LogP contribution in [0.1, 0.15) is 60.5 Å². The van der Waals surface area contributed by atoms with Crippen molar-refractivity contribution >= 4 is 5.91 Å². The van der Waals surface area contributed by atoms with Gasteiger partial charge in [-0.1, -0.05) is 6.92 Å². The van der Waals surface area contributed by atoms with Gasteiger partial charge in [-0.25, -0.2) is 9.87 Å². The first kappa shape index (κ1) is 18.8. The highest BCUT2D eigenvalue weighted by Gasteiger charge is 2.39. The maximum absolute atomic E-state index is 14.6. The number of halogens is 1. The second-order valence-electron chi connectivity index (χ2n) is 8.62. The van der Waals surface area contributed by atoms with Gasteiger partial charge in [0.1, 0.15) is 5.82 Å². The lowest BCUT2D eigenvalue weighted by atomic mass is 9.86. The van der Waals surface area contributed by atoms with E-state index in [1.54, 1.807) is 11.5 Å². The van der Waals surface area contributed by atoms with Crippen LogP contribution in [0.2, 0.25) is 0 Å². The summed E-state index contributed by atoms with van der Waals surface area (Å²) >= 11 is 0. The smallest absolute Gasteiger partial charge is 0.274 e. The van der Waals surface area contributed by atoms with Crippen molar-refractivity contribution in [1.29, 1.82) is 0 Å². The van der Waals surface area contributed by atoms with E-state index < -0.39 is 5.91 Å². The molecule has 0 spiro atoms. The van der Waals surface area contributed by atoms with Gasteiger partial charge in [-0.3, -0.25) is 14.9 Å². The molecular weight excluding hydrogens is 345 g/mol. The average molecular weight is 375 g/mol. The van der Waals surface area contributed by atoms with Crippen molar-refractivity contribution in [2.75, 3.05) is 13.6 Å². The lowest BCUT2D eigenvalue weighted by Crippen LogP contribution is -2.47. The molecule has 5 nitrogen and oxygen atoms in total. The monoisotopic (exact) mass is 375 g/mol. The van der Waals surface area contributed by atoms with Gasteiger partial charge in [0.2, 0.25) is 0 Å². The number of carbonyl (C=O) groups excluding carboxylic acids is 1. The summed E-state index contributed by atoms with van der Waals surface area (Å²) in [7, 11) is 2.26. The zero-order valence-corrected chi connectivity index (χ0v) is 16.2.